The summed E-state index contributed by atoms with van der Waals surface area (Å²) in [4.78, 5) is 17.3. The Labute approximate surface area is 113 Å². The van der Waals surface area contributed by atoms with Gasteiger partial charge in [-0.1, -0.05) is 6.92 Å². The van der Waals surface area contributed by atoms with E-state index in [9.17, 15) is 4.79 Å². The first-order valence-electron chi connectivity index (χ1n) is 6.70. The minimum absolute atomic E-state index is 0.0515. The summed E-state index contributed by atoms with van der Waals surface area (Å²) >= 11 is 0. The molecule has 5 heteroatoms. The molecule has 0 radical (unpaired) electrons. The first-order valence-corrected chi connectivity index (χ1v) is 6.70. The Balaban J connectivity index is 2.08. The van der Waals surface area contributed by atoms with Crippen LogP contribution in [0.2, 0.25) is 0 Å². The van der Waals surface area contributed by atoms with Crippen LogP contribution in [0.15, 0.2) is 24.5 Å². The van der Waals surface area contributed by atoms with Crippen molar-refractivity contribution in [1.29, 1.82) is 0 Å². The van der Waals surface area contributed by atoms with E-state index in [0.717, 1.165) is 26.2 Å². The molecule has 1 aromatic heterocycles. The van der Waals surface area contributed by atoms with Crippen molar-refractivity contribution in [2.75, 3.05) is 19.6 Å². The second-order valence-electron chi connectivity index (χ2n) is 5.30. The molecule has 19 heavy (non-hydrogen) atoms. The lowest BCUT2D eigenvalue weighted by Crippen LogP contribution is -2.41. The molecule has 0 bridgehead atoms. The molecule has 1 aliphatic heterocycles. The summed E-state index contributed by atoms with van der Waals surface area (Å²) in [5.41, 5.74) is 1.18. The van der Waals surface area contributed by atoms with E-state index in [-0.39, 0.29) is 12.5 Å². The second kappa shape index (κ2) is 6.63. The summed E-state index contributed by atoms with van der Waals surface area (Å²) in [6.07, 6.45) is 3.74. The van der Waals surface area contributed by atoms with E-state index in [1.807, 2.05) is 12.1 Å². The maximum absolute atomic E-state index is 11.0. The quantitative estimate of drug-likeness (QED) is 0.847. The number of nitrogens with zero attached hydrogens (tertiary/aromatic N) is 2. The number of pyridine rings is 1. The van der Waals surface area contributed by atoms with E-state index in [1.165, 1.54) is 5.56 Å². The molecule has 0 amide bonds. The standard InChI is InChI=1S/C14H21N3O2/c1-11-7-16-8-13(6-14(18)19)17(9-11)10-12-2-4-15-5-3-12/h2-5,11,13,16H,6-10H2,1H3,(H,18,19). The fourth-order valence-electron chi connectivity index (χ4n) is 2.56. The van der Waals surface area contributed by atoms with Crippen LogP contribution in [-0.2, 0) is 11.3 Å². The molecule has 0 saturated carbocycles. The van der Waals surface area contributed by atoms with Gasteiger partial charge in [0.1, 0.15) is 0 Å². The number of aromatic nitrogens is 1. The van der Waals surface area contributed by atoms with Crippen molar-refractivity contribution in [3.8, 4) is 0 Å². The largest absolute Gasteiger partial charge is 0.481 e. The normalized spacial score (nSPS) is 24.9. The molecular formula is C14H21N3O2. The number of hydrogen-bond donors (Lipinski definition) is 2. The van der Waals surface area contributed by atoms with Gasteiger partial charge in [0.25, 0.3) is 0 Å². The zero-order valence-corrected chi connectivity index (χ0v) is 11.2. The van der Waals surface area contributed by atoms with Gasteiger partial charge in [-0.2, -0.15) is 0 Å². The third kappa shape index (κ3) is 4.29. The van der Waals surface area contributed by atoms with Gasteiger partial charge in [-0.15, -0.1) is 0 Å². The Morgan fingerprint density at radius 2 is 2.21 bits per heavy atom. The Kier molecular flexibility index (Phi) is 4.87. The molecule has 1 aliphatic rings. The van der Waals surface area contributed by atoms with Crippen LogP contribution in [0.3, 0.4) is 0 Å². The number of aliphatic carboxylic acids is 1. The fraction of sp³-hybridized carbons (Fsp3) is 0.571. The molecule has 1 saturated heterocycles. The predicted molar refractivity (Wildman–Crippen MR) is 72.7 cm³/mol. The zero-order chi connectivity index (χ0) is 13.7. The Morgan fingerprint density at radius 1 is 1.47 bits per heavy atom. The minimum atomic E-state index is -0.735. The van der Waals surface area contributed by atoms with Gasteiger partial charge < -0.3 is 10.4 Å². The second-order valence-corrected chi connectivity index (χ2v) is 5.30. The van der Waals surface area contributed by atoms with Gasteiger partial charge in [0.15, 0.2) is 0 Å². The number of rotatable bonds is 4. The summed E-state index contributed by atoms with van der Waals surface area (Å²) in [5, 5.41) is 12.4. The predicted octanol–water partition coefficient (Wildman–Crippen LogP) is 0.966. The van der Waals surface area contributed by atoms with Crippen molar-refractivity contribution in [2.45, 2.75) is 25.9 Å². The Bertz CT molecular complexity index is 410. The third-order valence-corrected chi connectivity index (χ3v) is 3.48. The number of carboxylic acids is 1. The Morgan fingerprint density at radius 3 is 2.89 bits per heavy atom. The highest BCUT2D eigenvalue weighted by Crippen LogP contribution is 2.15. The summed E-state index contributed by atoms with van der Waals surface area (Å²) in [7, 11) is 0. The Hall–Kier alpha value is -1.46. The van der Waals surface area contributed by atoms with E-state index in [1.54, 1.807) is 12.4 Å². The van der Waals surface area contributed by atoms with Gasteiger partial charge >= 0.3 is 5.97 Å². The van der Waals surface area contributed by atoms with Crippen LogP contribution in [0.1, 0.15) is 18.9 Å². The van der Waals surface area contributed by atoms with Crippen molar-refractivity contribution in [3.05, 3.63) is 30.1 Å². The van der Waals surface area contributed by atoms with E-state index >= 15 is 0 Å². The number of carboxylic acid groups (broad SMARTS) is 1. The molecular weight excluding hydrogens is 242 g/mol. The average Bonchev–Trinajstić information content (AvgIpc) is 2.53. The van der Waals surface area contributed by atoms with Gasteiger partial charge in [-0.3, -0.25) is 14.7 Å². The zero-order valence-electron chi connectivity index (χ0n) is 11.2. The summed E-state index contributed by atoms with van der Waals surface area (Å²) in [5.74, 6) is -0.207. The average molecular weight is 263 g/mol. The first kappa shape index (κ1) is 14.0. The maximum atomic E-state index is 11.0. The maximum Gasteiger partial charge on any atom is 0.304 e. The summed E-state index contributed by atoms with van der Waals surface area (Å²) in [6, 6.07) is 4.03. The highest BCUT2D eigenvalue weighted by Gasteiger charge is 2.25. The van der Waals surface area contributed by atoms with Crippen LogP contribution in [0.25, 0.3) is 0 Å². The molecule has 2 N–H and O–H groups in total. The molecule has 2 atom stereocenters. The van der Waals surface area contributed by atoms with Crippen molar-refractivity contribution in [3.63, 3.8) is 0 Å². The van der Waals surface area contributed by atoms with Gasteiger partial charge in [0.05, 0.1) is 6.42 Å². The monoisotopic (exact) mass is 263 g/mol. The van der Waals surface area contributed by atoms with Crippen LogP contribution >= 0.6 is 0 Å². The van der Waals surface area contributed by atoms with Crippen molar-refractivity contribution in [2.24, 2.45) is 5.92 Å². The lowest BCUT2D eigenvalue weighted by molar-refractivity contribution is -0.138. The molecule has 0 aromatic carbocycles. The van der Waals surface area contributed by atoms with Gasteiger partial charge in [-0.05, 0) is 30.2 Å². The number of hydrogen-bond acceptors (Lipinski definition) is 4. The van der Waals surface area contributed by atoms with Crippen molar-refractivity contribution < 1.29 is 9.90 Å². The minimum Gasteiger partial charge on any atom is -0.481 e. The summed E-state index contributed by atoms with van der Waals surface area (Å²) < 4.78 is 0. The van der Waals surface area contributed by atoms with Crippen LogP contribution in [0.5, 0.6) is 0 Å². The van der Waals surface area contributed by atoms with E-state index < -0.39 is 5.97 Å². The first-order chi connectivity index (χ1) is 9.15. The van der Waals surface area contributed by atoms with E-state index in [0.29, 0.717) is 5.92 Å². The van der Waals surface area contributed by atoms with E-state index in [4.69, 9.17) is 5.11 Å². The number of nitrogens with one attached hydrogen (secondary N) is 1. The van der Waals surface area contributed by atoms with Crippen molar-refractivity contribution >= 4 is 5.97 Å². The fourth-order valence-corrected chi connectivity index (χ4v) is 2.56. The SMILES string of the molecule is CC1CNCC(CC(=O)O)N(Cc2ccncc2)C1. The molecule has 1 fully saturated rings. The third-order valence-electron chi connectivity index (χ3n) is 3.48. The lowest BCUT2D eigenvalue weighted by Gasteiger charge is -2.29. The summed E-state index contributed by atoms with van der Waals surface area (Å²) in [6.45, 7) is 5.58. The molecule has 2 unspecified atom stereocenters. The molecule has 0 spiro atoms. The molecule has 0 aliphatic carbocycles. The van der Waals surface area contributed by atoms with Crippen molar-refractivity contribution in [1.82, 2.24) is 15.2 Å². The molecule has 104 valence electrons. The van der Waals surface area contributed by atoms with E-state index in [2.05, 4.69) is 22.1 Å². The number of carbonyl (C=O) groups is 1. The molecule has 2 heterocycles. The van der Waals surface area contributed by atoms with Gasteiger partial charge in [0.2, 0.25) is 0 Å². The lowest BCUT2D eigenvalue weighted by atomic mass is 10.1. The van der Waals surface area contributed by atoms with Crippen LogP contribution in [-0.4, -0.2) is 46.6 Å². The molecule has 1 aromatic rings. The van der Waals surface area contributed by atoms with Crippen LogP contribution in [0.4, 0.5) is 0 Å². The highest BCUT2D eigenvalue weighted by atomic mass is 16.4. The van der Waals surface area contributed by atoms with Gasteiger partial charge in [-0.25, -0.2) is 0 Å². The smallest absolute Gasteiger partial charge is 0.304 e. The highest BCUT2D eigenvalue weighted by molar-refractivity contribution is 5.67. The molecule has 5 nitrogen and oxygen atoms in total. The molecule has 2 rings (SSSR count). The van der Waals surface area contributed by atoms with Crippen LogP contribution in [0, 0.1) is 5.92 Å². The van der Waals surface area contributed by atoms with Crippen LogP contribution < -0.4 is 5.32 Å². The topological polar surface area (TPSA) is 65.5 Å². The van der Waals surface area contributed by atoms with Gasteiger partial charge in [0, 0.05) is 38.1 Å².